The third kappa shape index (κ3) is 6.88. The molecule has 190 valence electrons. The summed E-state index contributed by atoms with van der Waals surface area (Å²) in [5, 5.41) is 9.08. The van der Waals surface area contributed by atoms with Crippen LogP contribution in [0.15, 0.2) is 42.9 Å². The van der Waals surface area contributed by atoms with Crippen LogP contribution in [0.3, 0.4) is 0 Å². The number of halogens is 2. The van der Waals surface area contributed by atoms with Gasteiger partial charge in [-0.15, -0.1) is 0 Å². The van der Waals surface area contributed by atoms with E-state index in [4.69, 9.17) is 16.3 Å². The summed E-state index contributed by atoms with van der Waals surface area (Å²) in [6.07, 6.45) is 5.69. The van der Waals surface area contributed by atoms with Gasteiger partial charge in [-0.25, -0.2) is 14.4 Å². The van der Waals surface area contributed by atoms with Gasteiger partial charge in [0, 0.05) is 36.4 Å². The van der Waals surface area contributed by atoms with Gasteiger partial charge < -0.3 is 20.7 Å². The molecule has 0 aliphatic rings. The van der Waals surface area contributed by atoms with E-state index in [9.17, 15) is 14.0 Å². The highest BCUT2D eigenvalue weighted by atomic mass is 35.5. The van der Waals surface area contributed by atoms with Gasteiger partial charge in [-0.05, 0) is 37.1 Å². The number of hydrogen-bond acceptors (Lipinski definition) is 7. The highest BCUT2D eigenvalue weighted by Crippen LogP contribution is 2.30. The van der Waals surface area contributed by atoms with Crippen LogP contribution < -0.4 is 20.7 Å². The molecule has 0 aliphatic carbocycles. The summed E-state index contributed by atoms with van der Waals surface area (Å²) >= 11 is 6.01. The lowest BCUT2D eigenvalue weighted by molar-refractivity contribution is -0.124. The van der Waals surface area contributed by atoms with Crippen molar-refractivity contribution >= 4 is 34.9 Å². The summed E-state index contributed by atoms with van der Waals surface area (Å²) in [4.78, 5) is 37.3. The second kappa shape index (κ2) is 12.8. The van der Waals surface area contributed by atoms with Crippen LogP contribution in [-0.4, -0.2) is 47.0 Å². The molecule has 2 amide bonds. The topological polar surface area (TPSA) is 118 Å². The summed E-state index contributed by atoms with van der Waals surface area (Å²) in [7, 11) is 1.45. The summed E-state index contributed by atoms with van der Waals surface area (Å²) < 4.78 is 19.7. The van der Waals surface area contributed by atoms with Crippen molar-refractivity contribution in [2.75, 3.05) is 25.5 Å². The van der Waals surface area contributed by atoms with Crippen LogP contribution in [0.5, 0.6) is 5.75 Å². The Morgan fingerprint density at radius 3 is 2.69 bits per heavy atom. The average molecular weight is 515 g/mol. The van der Waals surface area contributed by atoms with Crippen molar-refractivity contribution in [2.45, 2.75) is 26.7 Å². The van der Waals surface area contributed by atoms with Crippen molar-refractivity contribution in [1.29, 1.82) is 0 Å². The van der Waals surface area contributed by atoms with E-state index in [0.29, 0.717) is 36.0 Å². The number of nitrogens with one attached hydrogen (secondary N) is 3. The summed E-state index contributed by atoms with van der Waals surface area (Å²) in [5.74, 6) is -0.307. The highest BCUT2D eigenvalue weighted by Gasteiger charge is 2.17. The maximum atomic E-state index is 14.4. The Bertz CT molecular complexity index is 1230. The minimum atomic E-state index is -0.528. The van der Waals surface area contributed by atoms with E-state index in [2.05, 4.69) is 30.9 Å². The predicted molar refractivity (Wildman–Crippen MR) is 136 cm³/mol. The molecule has 9 nitrogen and oxygen atoms in total. The number of methoxy groups -OCH3 is 1. The average Bonchev–Trinajstić information content (AvgIpc) is 2.89. The molecule has 0 fully saturated rings. The van der Waals surface area contributed by atoms with Gasteiger partial charge in [-0.3, -0.25) is 14.6 Å². The summed E-state index contributed by atoms with van der Waals surface area (Å²) in [5.41, 5.74) is 0.820. The van der Waals surface area contributed by atoms with Gasteiger partial charge in [0.2, 0.25) is 5.91 Å². The molecule has 3 aromatic rings. The standard InChI is InChI=1S/C25H28ClFN6O3/c1-4-15(2)24(34)29-9-5-10-30-25(35)18-13-28-11-8-20(18)32-23-21(36-3)14-31-22(33-23)17-12-16(26)6-7-19(17)27/h6-8,11-15H,4-5,9-10H2,1-3H3,(H,29,34)(H,30,35)(H,28,31,32,33). The molecular weight excluding hydrogens is 487 g/mol. The fourth-order valence-electron chi connectivity index (χ4n) is 3.18. The minimum Gasteiger partial charge on any atom is -0.491 e. The monoisotopic (exact) mass is 514 g/mol. The van der Waals surface area contributed by atoms with Crippen molar-refractivity contribution in [2.24, 2.45) is 5.92 Å². The molecule has 2 heterocycles. The third-order valence-corrected chi connectivity index (χ3v) is 5.70. The van der Waals surface area contributed by atoms with Crippen LogP contribution in [-0.2, 0) is 4.79 Å². The van der Waals surface area contributed by atoms with E-state index in [0.717, 1.165) is 6.42 Å². The molecule has 1 atom stereocenters. The van der Waals surface area contributed by atoms with Crippen LogP contribution in [0.1, 0.15) is 37.0 Å². The number of amides is 2. The molecule has 3 N–H and O–H groups in total. The Labute approximate surface area is 213 Å². The smallest absolute Gasteiger partial charge is 0.254 e. The minimum absolute atomic E-state index is 0.00149. The van der Waals surface area contributed by atoms with Gasteiger partial charge in [0.25, 0.3) is 5.91 Å². The van der Waals surface area contributed by atoms with Gasteiger partial charge in [0.05, 0.1) is 30.1 Å². The van der Waals surface area contributed by atoms with E-state index in [1.807, 2.05) is 13.8 Å². The molecule has 1 unspecified atom stereocenters. The summed E-state index contributed by atoms with van der Waals surface area (Å²) in [6, 6.07) is 5.71. The lowest BCUT2D eigenvalue weighted by Crippen LogP contribution is -2.32. The SMILES string of the molecule is CCC(C)C(=O)NCCCNC(=O)c1cnccc1Nc1nc(-c2cc(Cl)ccc2F)ncc1OC. The Hall–Kier alpha value is -3.79. The van der Waals surface area contributed by atoms with E-state index in [-0.39, 0.29) is 40.5 Å². The van der Waals surface area contributed by atoms with Crippen molar-refractivity contribution in [3.8, 4) is 17.1 Å². The van der Waals surface area contributed by atoms with Crippen molar-refractivity contribution < 1.29 is 18.7 Å². The van der Waals surface area contributed by atoms with E-state index in [1.54, 1.807) is 6.07 Å². The van der Waals surface area contributed by atoms with Crippen molar-refractivity contribution in [1.82, 2.24) is 25.6 Å². The lowest BCUT2D eigenvalue weighted by atomic mass is 10.1. The predicted octanol–water partition coefficient (Wildman–Crippen LogP) is 4.37. The molecule has 2 aromatic heterocycles. The van der Waals surface area contributed by atoms with Gasteiger partial charge in [-0.2, -0.15) is 0 Å². The lowest BCUT2D eigenvalue weighted by Gasteiger charge is -2.14. The Morgan fingerprint density at radius 2 is 1.94 bits per heavy atom. The van der Waals surface area contributed by atoms with E-state index >= 15 is 0 Å². The molecule has 1 aromatic carbocycles. The molecule has 0 saturated heterocycles. The number of pyridine rings is 1. The third-order valence-electron chi connectivity index (χ3n) is 5.46. The van der Waals surface area contributed by atoms with Crippen molar-refractivity contribution in [3.05, 3.63) is 59.3 Å². The first-order chi connectivity index (χ1) is 17.3. The van der Waals surface area contributed by atoms with E-state index < -0.39 is 5.82 Å². The maximum Gasteiger partial charge on any atom is 0.254 e. The Balaban J connectivity index is 1.72. The molecule has 11 heteroatoms. The van der Waals surface area contributed by atoms with Crippen LogP contribution in [0, 0.1) is 11.7 Å². The first-order valence-electron chi connectivity index (χ1n) is 11.5. The number of anilines is 2. The number of aromatic nitrogens is 3. The number of nitrogens with zero attached hydrogens (tertiary/aromatic N) is 3. The van der Waals surface area contributed by atoms with Crippen LogP contribution >= 0.6 is 11.6 Å². The van der Waals surface area contributed by atoms with Crippen LogP contribution in [0.2, 0.25) is 5.02 Å². The molecule has 3 rings (SSSR count). The molecular formula is C25H28ClFN6O3. The van der Waals surface area contributed by atoms with Crippen molar-refractivity contribution in [3.63, 3.8) is 0 Å². The number of carbonyl (C=O) groups is 2. The van der Waals surface area contributed by atoms with E-state index in [1.165, 1.54) is 43.9 Å². The maximum absolute atomic E-state index is 14.4. The van der Waals surface area contributed by atoms with Gasteiger partial charge in [0.1, 0.15) is 5.82 Å². The molecule has 0 spiro atoms. The molecule has 0 bridgehead atoms. The number of benzene rings is 1. The largest absolute Gasteiger partial charge is 0.491 e. The Kier molecular flexibility index (Phi) is 9.52. The fraction of sp³-hybridized carbons (Fsp3) is 0.320. The highest BCUT2D eigenvalue weighted by molar-refractivity contribution is 6.30. The quantitative estimate of drug-likeness (QED) is 0.325. The fourth-order valence-corrected chi connectivity index (χ4v) is 3.35. The van der Waals surface area contributed by atoms with Crippen LogP contribution in [0.4, 0.5) is 15.9 Å². The molecule has 0 saturated carbocycles. The number of hydrogen-bond donors (Lipinski definition) is 3. The second-order valence-corrected chi connectivity index (χ2v) is 8.43. The zero-order valence-corrected chi connectivity index (χ0v) is 21.0. The normalized spacial score (nSPS) is 11.5. The number of ether oxygens (including phenoxy) is 1. The Morgan fingerprint density at radius 1 is 1.17 bits per heavy atom. The number of rotatable bonds is 11. The zero-order chi connectivity index (χ0) is 26.1. The zero-order valence-electron chi connectivity index (χ0n) is 20.3. The first kappa shape index (κ1) is 26.8. The number of carbonyl (C=O) groups excluding carboxylic acids is 2. The molecule has 0 aliphatic heterocycles. The van der Waals surface area contributed by atoms with Crippen LogP contribution in [0.25, 0.3) is 11.4 Å². The first-order valence-corrected chi connectivity index (χ1v) is 11.8. The van der Waals surface area contributed by atoms with Gasteiger partial charge >= 0.3 is 0 Å². The van der Waals surface area contributed by atoms with Gasteiger partial charge in [-0.1, -0.05) is 25.4 Å². The van der Waals surface area contributed by atoms with Gasteiger partial charge in [0.15, 0.2) is 17.4 Å². The summed E-state index contributed by atoms with van der Waals surface area (Å²) in [6.45, 7) is 4.65. The molecule has 36 heavy (non-hydrogen) atoms. The second-order valence-electron chi connectivity index (χ2n) is 7.99. The molecule has 0 radical (unpaired) electrons.